The molecule has 18 heavy (non-hydrogen) atoms. The van der Waals surface area contributed by atoms with Crippen molar-refractivity contribution in [3.8, 4) is 0 Å². The standard InChI is InChI=1S/C14H28NO2Si/c1-13(2,3)18(6,7)17-10-12-8-9-14(4,5)15(12)11-16/h12H,8-10H2,1-7H3/t12-/m1/s1. The Morgan fingerprint density at radius 3 is 2.39 bits per heavy atom. The molecule has 1 rings (SSSR count). The number of hydrogen-bond donors (Lipinski definition) is 0. The highest BCUT2D eigenvalue weighted by Gasteiger charge is 2.42. The molecule has 1 saturated heterocycles. The van der Waals surface area contributed by atoms with Crippen molar-refractivity contribution >= 4 is 14.7 Å². The molecule has 0 aromatic rings. The third-order valence-corrected chi connectivity index (χ3v) is 9.15. The summed E-state index contributed by atoms with van der Waals surface area (Å²) in [6.45, 7) is 16.1. The van der Waals surface area contributed by atoms with Crippen LogP contribution >= 0.6 is 0 Å². The summed E-state index contributed by atoms with van der Waals surface area (Å²) in [5, 5.41) is 0.219. The second kappa shape index (κ2) is 4.97. The maximum atomic E-state index is 11.1. The molecule has 4 heteroatoms. The maximum absolute atomic E-state index is 11.1. The molecule has 0 unspecified atom stereocenters. The van der Waals surface area contributed by atoms with Crippen molar-refractivity contribution < 1.29 is 9.22 Å². The predicted molar refractivity (Wildman–Crippen MR) is 77.8 cm³/mol. The zero-order valence-electron chi connectivity index (χ0n) is 13.0. The van der Waals surface area contributed by atoms with Gasteiger partial charge in [0.15, 0.2) is 8.32 Å². The first-order valence-corrected chi connectivity index (χ1v) is 9.73. The Hall–Kier alpha value is -0.353. The lowest BCUT2D eigenvalue weighted by Crippen LogP contribution is -2.47. The van der Waals surface area contributed by atoms with Crippen molar-refractivity contribution in [2.24, 2.45) is 0 Å². The van der Waals surface area contributed by atoms with E-state index >= 15 is 0 Å². The van der Waals surface area contributed by atoms with E-state index in [-0.39, 0.29) is 16.6 Å². The quantitative estimate of drug-likeness (QED) is 0.733. The third-order valence-electron chi connectivity index (χ3n) is 4.65. The van der Waals surface area contributed by atoms with Gasteiger partial charge in [0.05, 0.1) is 12.6 Å². The summed E-state index contributed by atoms with van der Waals surface area (Å²) in [5.41, 5.74) is -0.0663. The highest BCUT2D eigenvalue weighted by atomic mass is 28.4. The molecule has 1 heterocycles. The van der Waals surface area contributed by atoms with E-state index in [0.717, 1.165) is 12.8 Å². The van der Waals surface area contributed by atoms with Crippen LogP contribution in [0.25, 0.3) is 0 Å². The van der Waals surface area contributed by atoms with Crippen LogP contribution in [0.1, 0.15) is 47.5 Å². The Kier molecular flexibility index (Phi) is 4.33. The SMILES string of the molecule is CC1(C)CC[C@H](CO[Si](C)(C)C(C)(C)C)N1[C]=O. The molecule has 0 spiro atoms. The van der Waals surface area contributed by atoms with E-state index in [4.69, 9.17) is 4.43 Å². The van der Waals surface area contributed by atoms with Crippen molar-refractivity contribution in [2.45, 2.75) is 77.2 Å². The van der Waals surface area contributed by atoms with E-state index in [1.165, 1.54) is 0 Å². The molecule has 1 aliphatic heterocycles. The Morgan fingerprint density at radius 2 is 1.94 bits per heavy atom. The molecule has 0 aromatic heterocycles. The lowest BCUT2D eigenvalue weighted by Gasteiger charge is -2.38. The maximum Gasteiger partial charge on any atom is 0.312 e. The molecule has 0 aromatic carbocycles. The first-order chi connectivity index (χ1) is 8.01. The Bertz CT molecular complexity index is 307. The molecule has 1 fully saturated rings. The van der Waals surface area contributed by atoms with Crippen LogP contribution in [-0.4, -0.2) is 37.8 Å². The van der Waals surface area contributed by atoms with Gasteiger partial charge < -0.3 is 9.33 Å². The van der Waals surface area contributed by atoms with Crippen LogP contribution in [0, 0.1) is 0 Å². The van der Waals surface area contributed by atoms with E-state index in [2.05, 4.69) is 54.1 Å². The van der Waals surface area contributed by atoms with Gasteiger partial charge in [0.25, 0.3) is 0 Å². The van der Waals surface area contributed by atoms with Gasteiger partial charge in [-0.2, -0.15) is 0 Å². The second-order valence-corrected chi connectivity index (χ2v) is 12.3. The van der Waals surface area contributed by atoms with Crippen molar-refractivity contribution in [1.82, 2.24) is 4.90 Å². The second-order valence-electron chi connectivity index (χ2n) is 7.54. The molecule has 0 aliphatic carbocycles. The van der Waals surface area contributed by atoms with Crippen LogP contribution in [0.15, 0.2) is 0 Å². The van der Waals surface area contributed by atoms with Crippen LogP contribution in [0.3, 0.4) is 0 Å². The minimum Gasteiger partial charge on any atom is -0.415 e. The van der Waals surface area contributed by atoms with E-state index in [1.54, 1.807) is 0 Å². The summed E-state index contributed by atoms with van der Waals surface area (Å²) >= 11 is 0. The smallest absolute Gasteiger partial charge is 0.312 e. The molecule has 1 amide bonds. The first kappa shape index (κ1) is 15.7. The minimum atomic E-state index is -1.72. The molecular weight excluding hydrogens is 242 g/mol. The van der Waals surface area contributed by atoms with Gasteiger partial charge in [0.2, 0.25) is 0 Å². The van der Waals surface area contributed by atoms with Crippen LogP contribution in [0.4, 0.5) is 0 Å². The van der Waals surface area contributed by atoms with Gasteiger partial charge in [0.1, 0.15) is 0 Å². The summed E-state index contributed by atoms with van der Waals surface area (Å²) < 4.78 is 6.22. The van der Waals surface area contributed by atoms with Gasteiger partial charge in [-0.1, -0.05) is 20.8 Å². The number of likely N-dealkylation sites (tertiary alicyclic amines) is 1. The van der Waals surface area contributed by atoms with Gasteiger partial charge in [-0.15, -0.1) is 0 Å². The summed E-state index contributed by atoms with van der Waals surface area (Å²) in [5.74, 6) is 0. The van der Waals surface area contributed by atoms with Gasteiger partial charge >= 0.3 is 6.41 Å². The Morgan fingerprint density at radius 1 is 1.39 bits per heavy atom. The minimum absolute atomic E-state index is 0.0663. The molecule has 1 atom stereocenters. The molecular formula is C14H28NO2Si. The number of rotatable bonds is 4. The highest BCUT2D eigenvalue weighted by molar-refractivity contribution is 6.74. The molecule has 0 bridgehead atoms. The van der Waals surface area contributed by atoms with Crippen LogP contribution in [0.2, 0.25) is 18.1 Å². The molecule has 0 N–H and O–H groups in total. The average molecular weight is 270 g/mol. The van der Waals surface area contributed by atoms with Crippen molar-refractivity contribution in [3.63, 3.8) is 0 Å². The Labute approximate surface area is 113 Å². The van der Waals surface area contributed by atoms with E-state index in [1.807, 2.05) is 4.90 Å². The summed E-state index contributed by atoms with van der Waals surface area (Å²) in [4.78, 5) is 12.9. The molecule has 105 valence electrons. The molecule has 1 aliphatic rings. The summed E-state index contributed by atoms with van der Waals surface area (Å²) in [6.07, 6.45) is 4.16. The molecule has 3 nitrogen and oxygen atoms in total. The summed E-state index contributed by atoms with van der Waals surface area (Å²) in [6, 6.07) is 0.201. The van der Waals surface area contributed by atoms with Gasteiger partial charge in [-0.25, -0.2) is 0 Å². The molecule has 0 saturated carbocycles. The van der Waals surface area contributed by atoms with E-state index < -0.39 is 8.32 Å². The average Bonchev–Trinajstić information content (AvgIpc) is 2.48. The number of nitrogens with zero attached hydrogens (tertiary/aromatic N) is 1. The predicted octanol–water partition coefficient (Wildman–Crippen LogP) is 3.32. The van der Waals surface area contributed by atoms with Crippen LogP contribution in [-0.2, 0) is 9.22 Å². The largest absolute Gasteiger partial charge is 0.415 e. The monoisotopic (exact) mass is 270 g/mol. The zero-order chi connectivity index (χ0) is 14.2. The highest BCUT2D eigenvalue weighted by Crippen LogP contribution is 2.38. The van der Waals surface area contributed by atoms with Gasteiger partial charge in [-0.05, 0) is 44.8 Å². The van der Waals surface area contributed by atoms with Crippen molar-refractivity contribution in [2.75, 3.05) is 6.61 Å². The lowest BCUT2D eigenvalue weighted by atomic mass is 10.0. The number of hydrogen-bond acceptors (Lipinski definition) is 2. The number of carbonyl (C=O) groups excluding carboxylic acids is 1. The topological polar surface area (TPSA) is 29.5 Å². The molecule has 1 radical (unpaired) electrons. The lowest BCUT2D eigenvalue weighted by molar-refractivity contribution is 0.158. The van der Waals surface area contributed by atoms with Gasteiger partial charge in [-0.3, -0.25) is 4.79 Å². The zero-order valence-corrected chi connectivity index (χ0v) is 14.0. The van der Waals surface area contributed by atoms with Crippen LogP contribution in [0.5, 0.6) is 0 Å². The Balaban J connectivity index is 2.63. The first-order valence-electron chi connectivity index (χ1n) is 6.82. The van der Waals surface area contributed by atoms with Crippen molar-refractivity contribution in [1.29, 1.82) is 0 Å². The van der Waals surface area contributed by atoms with E-state index in [9.17, 15) is 4.79 Å². The fraction of sp³-hybridized carbons (Fsp3) is 0.929. The van der Waals surface area contributed by atoms with Gasteiger partial charge in [0, 0.05) is 5.54 Å². The third kappa shape index (κ3) is 3.15. The number of amides is 1. The fourth-order valence-electron chi connectivity index (χ4n) is 2.14. The van der Waals surface area contributed by atoms with Crippen LogP contribution < -0.4 is 0 Å². The normalized spacial score (nSPS) is 24.4. The summed E-state index contributed by atoms with van der Waals surface area (Å²) in [7, 11) is -1.72. The fourth-order valence-corrected chi connectivity index (χ4v) is 3.18. The van der Waals surface area contributed by atoms with E-state index in [0.29, 0.717) is 6.61 Å². The van der Waals surface area contributed by atoms with Crippen molar-refractivity contribution in [3.05, 3.63) is 0 Å².